The molecular formula is C19H23N3O2. The summed E-state index contributed by atoms with van der Waals surface area (Å²) < 4.78 is 5.65. The maximum absolute atomic E-state index is 12.6. The predicted octanol–water partition coefficient (Wildman–Crippen LogP) is 3.26. The van der Waals surface area contributed by atoms with Gasteiger partial charge in [-0.05, 0) is 42.7 Å². The second-order valence-corrected chi connectivity index (χ2v) is 5.88. The van der Waals surface area contributed by atoms with Crippen LogP contribution in [-0.2, 0) is 4.79 Å². The van der Waals surface area contributed by atoms with Crippen molar-refractivity contribution >= 4 is 11.7 Å². The number of benzene rings is 1. The fourth-order valence-corrected chi connectivity index (χ4v) is 3.12. The van der Waals surface area contributed by atoms with Crippen LogP contribution in [-0.4, -0.2) is 36.0 Å². The van der Waals surface area contributed by atoms with Gasteiger partial charge in [0.1, 0.15) is 11.6 Å². The van der Waals surface area contributed by atoms with Crippen LogP contribution in [0.1, 0.15) is 30.9 Å². The smallest absolute Gasteiger partial charge is 0.226 e. The fourth-order valence-electron chi connectivity index (χ4n) is 3.12. The average Bonchev–Trinajstić information content (AvgIpc) is 3.12. The molecule has 5 nitrogen and oxygen atoms in total. The lowest BCUT2D eigenvalue weighted by Crippen LogP contribution is -2.31. The van der Waals surface area contributed by atoms with Gasteiger partial charge in [-0.1, -0.05) is 18.2 Å². The number of carbonyl (C=O) groups is 1. The van der Waals surface area contributed by atoms with Crippen LogP contribution in [0.5, 0.6) is 5.75 Å². The third-order valence-electron chi connectivity index (χ3n) is 4.33. The first-order chi connectivity index (χ1) is 11.8. The zero-order valence-corrected chi connectivity index (χ0v) is 13.9. The highest BCUT2D eigenvalue weighted by atomic mass is 16.5. The number of nitrogens with zero attached hydrogens (tertiary/aromatic N) is 2. The SMILES string of the molecule is CNc1cc(C2CCCN2C(=O)CCOc2ccccc2)ccn1. The zero-order chi connectivity index (χ0) is 16.8. The highest BCUT2D eigenvalue weighted by molar-refractivity contribution is 5.77. The van der Waals surface area contributed by atoms with Crippen molar-refractivity contribution in [3.8, 4) is 5.75 Å². The quantitative estimate of drug-likeness (QED) is 0.886. The summed E-state index contributed by atoms with van der Waals surface area (Å²) in [5.74, 6) is 1.78. The van der Waals surface area contributed by atoms with Gasteiger partial charge in [0, 0.05) is 19.8 Å². The van der Waals surface area contributed by atoms with Crippen molar-refractivity contribution in [3.05, 3.63) is 54.2 Å². The largest absolute Gasteiger partial charge is 0.493 e. The molecule has 3 rings (SSSR count). The Kier molecular flexibility index (Phi) is 5.31. The van der Waals surface area contributed by atoms with Crippen LogP contribution < -0.4 is 10.1 Å². The number of rotatable bonds is 6. The summed E-state index contributed by atoms with van der Waals surface area (Å²) in [6.07, 6.45) is 4.22. The van der Waals surface area contributed by atoms with E-state index in [0.29, 0.717) is 13.0 Å². The normalized spacial score (nSPS) is 16.9. The van der Waals surface area contributed by atoms with Gasteiger partial charge in [-0.25, -0.2) is 4.98 Å². The van der Waals surface area contributed by atoms with E-state index in [9.17, 15) is 4.79 Å². The molecule has 1 fully saturated rings. The van der Waals surface area contributed by atoms with E-state index >= 15 is 0 Å². The van der Waals surface area contributed by atoms with Crippen molar-refractivity contribution in [2.45, 2.75) is 25.3 Å². The molecule has 0 bridgehead atoms. The lowest BCUT2D eigenvalue weighted by atomic mass is 10.1. The van der Waals surface area contributed by atoms with Crippen LogP contribution in [0.2, 0.25) is 0 Å². The Balaban J connectivity index is 1.59. The second kappa shape index (κ2) is 7.81. The average molecular weight is 325 g/mol. The molecule has 1 aromatic heterocycles. The van der Waals surface area contributed by atoms with Crippen LogP contribution in [0.25, 0.3) is 0 Å². The van der Waals surface area contributed by atoms with E-state index in [1.807, 2.05) is 54.4 Å². The summed E-state index contributed by atoms with van der Waals surface area (Å²) in [6.45, 7) is 1.22. The third-order valence-corrected chi connectivity index (χ3v) is 4.33. The molecule has 1 saturated heterocycles. The molecule has 1 N–H and O–H groups in total. The standard InChI is InChI=1S/C19H23N3O2/c1-20-18-14-15(9-11-21-18)17-8-5-12-22(17)19(23)10-13-24-16-6-3-2-4-7-16/h2-4,6-7,9,11,14,17H,5,8,10,12-13H2,1H3,(H,20,21). The Morgan fingerprint density at radius 3 is 2.96 bits per heavy atom. The minimum absolute atomic E-state index is 0.143. The summed E-state index contributed by atoms with van der Waals surface area (Å²) in [6, 6.07) is 13.8. The monoisotopic (exact) mass is 325 g/mol. The van der Waals surface area contributed by atoms with Gasteiger partial charge in [-0.3, -0.25) is 4.79 Å². The molecule has 1 aliphatic rings. The Hall–Kier alpha value is -2.56. The van der Waals surface area contributed by atoms with Crippen molar-refractivity contribution in [2.24, 2.45) is 0 Å². The molecule has 1 unspecified atom stereocenters. The van der Waals surface area contributed by atoms with E-state index < -0.39 is 0 Å². The topological polar surface area (TPSA) is 54.5 Å². The predicted molar refractivity (Wildman–Crippen MR) is 94.0 cm³/mol. The molecule has 126 valence electrons. The Bertz CT molecular complexity index is 675. The Morgan fingerprint density at radius 1 is 1.33 bits per heavy atom. The summed E-state index contributed by atoms with van der Waals surface area (Å²) in [7, 11) is 1.85. The Labute approximate surface area is 142 Å². The minimum atomic E-state index is 0.143. The lowest BCUT2D eigenvalue weighted by Gasteiger charge is -2.25. The summed E-state index contributed by atoms with van der Waals surface area (Å²) in [5.41, 5.74) is 1.14. The molecule has 0 aliphatic carbocycles. The number of nitrogens with one attached hydrogen (secondary N) is 1. The number of pyridine rings is 1. The minimum Gasteiger partial charge on any atom is -0.493 e. The molecule has 2 aromatic rings. The highest BCUT2D eigenvalue weighted by Crippen LogP contribution is 2.33. The highest BCUT2D eigenvalue weighted by Gasteiger charge is 2.29. The second-order valence-electron chi connectivity index (χ2n) is 5.88. The molecule has 5 heteroatoms. The van der Waals surface area contributed by atoms with E-state index in [1.54, 1.807) is 6.20 Å². The molecular weight excluding hydrogens is 302 g/mol. The van der Waals surface area contributed by atoms with E-state index in [2.05, 4.69) is 10.3 Å². The fraction of sp³-hybridized carbons (Fsp3) is 0.368. The number of hydrogen-bond donors (Lipinski definition) is 1. The van der Waals surface area contributed by atoms with Crippen LogP contribution in [0.15, 0.2) is 48.7 Å². The molecule has 1 aliphatic heterocycles. The number of aromatic nitrogens is 1. The first kappa shape index (κ1) is 16.3. The van der Waals surface area contributed by atoms with Gasteiger partial charge >= 0.3 is 0 Å². The molecule has 0 radical (unpaired) electrons. The number of carbonyl (C=O) groups excluding carboxylic acids is 1. The maximum atomic E-state index is 12.6. The number of anilines is 1. The van der Waals surface area contributed by atoms with Gasteiger partial charge in [0.2, 0.25) is 5.91 Å². The van der Waals surface area contributed by atoms with Gasteiger partial charge in [-0.15, -0.1) is 0 Å². The van der Waals surface area contributed by atoms with Crippen molar-refractivity contribution in [3.63, 3.8) is 0 Å². The summed E-state index contributed by atoms with van der Waals surface area (Å²) in [4.78, 5) is 18.8. The van der Waals surface area contributed by atoms with Crippen LogP contribution >= 0.6 is 0 Å². The van der Waals surface area contributed by atoms with Gasteiger partial charge in [0.05, 0.1) is 19.1 Å². The molecule has 1 atom stereocenters. The van der Waals surface area contributed by atoms with E-state index in [0.717, 1.165) is 36.5 Å². The molecule has 2 heterocycles. The van der Waals surface area contributed by atoms with E-state index in [1.165, 1.54) is 0 Å². The number of likely N-dealkylation sites (tertiary alicyclic amines) is 1. The number of para-hydroxylation sites is 1. The number of hydrogen-bond acceptors (Lipinski definition) is 4. The first-order valence-corrected chi connectivity index (χ1v) is 8.39. The van der Waals surface area contributed by atoms with Crippen LogP contribution in [0.4, 0.5) is 5.82 Å². The summed E-state index contributed by atoms with van der Waals surface area (Å²) >= 11 is 0. The van der Waals surface area contributed by atoms with Gasteiger partial charge in [0.15, 0.2) is 0 Å². The van der Waals surface area contributed by atoms with Gasteiger partial charge in [0.25, 0.3) is 0 Å². The van der Waals surface area contributed by atoms with E-state index in [-0.39, 0.29) is 11.9 Å². The number of ether oxygens (including phenoxy) is 1. The lowest BCUT2D eigenvalue weighted by molar-refractivity contribution is -0.132. The number of amides is 1. The Morgan fingerprint density at radius 2 is 2.17 bits per heavy atom. The third kappa shape index (κ3) is 3.85. The maximum Gasteiger partial charge on any atom is 0.226 e. The molecule has 24 heavy (non-hydrogen) atoms. The summed E-state index contributed by atoms with van der Waals surface area (Å²) in [5, 5.41) is 3.05. The molecule has 0 saturated carbocycles. The van der Waals surface area contributed by atoms with E-state index in [4.69, 9.17) is 4.74 Å². The van der Waals surface area contributed by atoms with Crippen LogP contribution in [0, 0.1) is 0 Å². The molecule has 1 aromatic carbocycles. The van der Waals surface area contributed by atoms with Crippen molar-refractivity contribution in [2.75, 3.05) is 25.5 Å². The van der Waals surface area contributed by atoms with Crippen molar-refractivity contribution in [1.82, 2.24) is 9.88 Å². The van der Waals surface area contributed by atoms with Gasteiger partial charge in [-0.2, -0.15) is 0 Å². The van der Waals surface area contributed by atoms with Crippen LogP contribution in [0.3, 0.4) is 0 Å². The molecule has 1 amide bonds. The van der Waals surface area contributed by atoms with Gasteiger partial charge < -0.3 is 15.0 Å². The first-order valence-electron chi connectivity index (χ1n) is 8.39. The van der Waals surface area contributed by atoms with Crippen molar-refractivity contribution in [1.29, 1.82) is 0 Å². The van der Waals surface area contributed by atoms with Crippen molar-refractivity contribution < 1.29 is 9.53 Å². The zero-order valence-electron chi connectivity index (χ0n) is 13.9. The molecule has 0 spiro atoms.